The minimum absolute atomic E-state index is 0.00489. The molecule has 0 amide bonds. The number of benzene rings is 2. The molecule has 20 heavy (non-hydrogen) atoms. The summed E-state index contributed by atoms with van der Waals surface area (Å²) < 4.78 is 5.14. The van der Waals surface area contributed by atoms with Crippen molar-refractivity contribution in [2.75, 3.05) is 0 Å². The molecule has 0 radical (unpaired) electrons. The van der Waals surface area contributed by atoms with Crippen LogP contribution >= 0.6 is 0 Å². The van der Waals surface area contributed by atoms with Gasteiger partial charge in [-0.3, -0.25) is 0 Å². The van der Waals surface area contributed by atoms with Crippen molar-refractivity contribution in [1.29, 1.82) is 0 Å². The van der Waals surface area contributed by atoms with Crippen LogP contribution in [0, 0.1) is 5.21 Å². The van der Waals surface area contributed by atoms with Gasteiger partial charge in [-0.2, -0.15) is 0 Å². The zero-order valence-electron chi connectivity index (χ0n) is 10.4. The number of nitrogens with zero attached hydrogens (tertiary/aromatic N) is 2. The summed E-state index contributed by atoms with van der Waals surface area (Å²) in [6.07, 6.45) is 0. The van der Waals surface area contributed by atoms with E-state index in [0.717, 1.165) is 0 Å². The Labute approximate surface area is 114 Å². The summed E-state index contributed by atoms with van der Waals surface area (Å²) in [4.78, 5) is 12.3. The van der Waals surface area contributed by atoms with E-state index in [1.165, 1.54) is 0 Å². The molecule has 1 heterocycles. The molecule has 0 bridgehead atoms. The average molecular weight is 266 g/mol. The third-order valence-electron chi connectivity index (χ3n) is 2.82. The normalized spacial score (nSPS) is 10.4. The Balaban J connectivity index is 2.16. The average Bonchev–Trinajstić information content (AvgIpc) is 2.48. The van der Waals surface area contributed by atoms with Gasteiger partial charge < -0.3 is 9.62 Å². The zero-order valence-corrected chi connectivity index (χ0v) is 10.4. The summed E-state index contributed by atoms with van der Waals surface area (Å²) in [5.41, 5.74) is 0.225. The van der Waals surface area contributed by atoms with Crippen LogP contribution in [-0.2, 0) is 0 Å². The van der Waals surface area contributed by atoms with E-state index in [1.807, 2.05) is 6.07 Å². The van der Waals surface area contributed by atoms with Crippen molar-refractivity contribution < 1.29 is 9.26 Å². The van der Waals surface area contributed by atoms with E-state index in [0.29, 0.717) is 16.0 Å². The second kappa shape index (κ2) is 4.97. The molecule has 1 aromatic heterocycles. The van der Waals surface area contributed by atoms with Crippen LogP contribution in [0.15, 0.2) is 69.9 Å². The van der Waals surface area contributed by atoms with Gasteiger partial charge in [-0.15, -0.1) is 0 Å². The van der Waals surface area contributed by atoms with E-state index in [-0.39, 0.29) is 11.6 Å². The molecule has 0 aliphatic carbocycles. The minimum Gasteiger partial charge on any atom is -0.594 e. The molecule has 5 heteroatoms. The first kappa shape index (κ1) is 12.1. The van der Waals surface area contributed by atoms with Crippen LogP contribution < -0.4 is 10.5 Å². The van der Waals surface area contributed by atoms with Crippen LogP contribution in [0.1, 0.15) is 0 Å². The van der Waals surface area contributed by atoms with Crippen LogP contribution in [-0.4, -0.2) is 5.10 Å². The largest absolute Gasteiger partial charge is 0.594 e. The lowest BCUT2D eigenvalue weighted by atomic mass is 10.2. The first-order valence-electron chi connectivity index (χ1n) is 6.01. The van der Waals surface area contributed by atoms with Gasteiger partial charge in [0, 0.05) is 5.56 Å². The lowest BCUT2D eigenvalue weighted by Crippen LogP contribution is -2.39. The molecule has 98 valence electrons. The first-order valence-corrected chi connectivity index (χ1v) is 6.01. The molecule has 0 aliphatic rings. The quantitative estimate of drug-likeness (QED) is 0.525. The van der Waals surface area contributed by atoms with Crippen LogP contribution in [0.4, 0.5) is 0 Å². The molecule has 0 saturated carbocycles. The van der Waals surface area contributed by atoms with Crippen molar-refractivity contribution in [1.82, 2.24) is 5.10 Å². The summed E-state index contributed by atoms with van der Waals surface area (Å²) in [7, 11) is 0. The summed E-state index contributed by atoms with van der Waals surface area (Å²) in [5.74, 6) is 0.00489. The molecule has 0 spiro atoms. The van der Waals surface area contributed by atoms with Gasteiger partial charge in [-0.25, -0.2) is 4.79 Å². The maximum atomic E-state index is 12.0. The van der Waals surface area contributed by atoms with E-state index in [2.05, 4.69) is 5.10 Å². The fraction of sp³-hybridized carbons (Fsp3) is 0. The number of hydrogen-bond acceptors (Lipinski definition) is 4. The van der Waals surface area contributed by atoms with Crippen molar-refractivity contribution in [2.45, 2.75) is 0 Å². The third-order valence-corrected chi connectivity index (χ3v) is 2.82. The van der Waals surface area contributed by atoms with Crippen LogP contribution in [0.25, 0.3) is 22.7 Å². The predicted molar refractivity (Wildman–Crippen MR) is 72.6 cm³/mol. The minimum atomic E-state index is -0.708. The Morgan fingerprint density at radius 1 is 0.900 bits per heavy atom. The molecule has 0 atom stereocenters. The summed E-state index contributed by atoms with van der Waals surface area (Å²) in [6.45, 7) is 0. The van der Waals surface area contributed by atoms with E-state index >= 15 is 0 Å². The summed E-state index contributed by atoms with van der Waals surface area (Å²) in [5, 5.41) is 15.8. The third kappa shape index (κ3) is 2.16. The topological polar surface area (TPSA) is 70.0 Å². The zero-order chi connectivity index (χ0) is 13.9. The maximum Gasteiger partial charge on any atom is 0.415 e. The summed E-state index contributed by atoms with van der Waals surface area (Å²) >= 11 is 0. The lowest BCUT2D eigenvalue weighted by molar-refractivity contribution is -0.660. The Morgan fingerprint density at radius 2 is 1.45 bits per heavy atom. The van der Waals surface area contributed by atoms with E-state index in [4.69, 9.17) is 4.42 Å². The number of hydrogen-bond donors (Lipinski definition) is 0. The predicted octanol–water partition coefficient (Wildman–Crippen LogP) is 2.00. The Hall–Kier alpha value is -2.95. The van der Waals surface area contributed by atoms with Crippen molar-refractivity contribution >= 4 is 0 Å². The Morgan fingerprint density at radius 3 is 2.00 bits per heavy atom. The molecule has 0 N–H and O–H groups in total. The molecule has 2 aromatic carbocycles. The molecule has 3 rings (SSSR count). The van der Waals surface area contributed by atoms with Gasteiger partial charge in [0.05, 0.1) is 10.7 Å². The van der Waals surface area contributed by atoms with Gasteiger partial charge in [0.2, 0.25) is 0 Å². The molecular formula is C15H10N2O3. The maximum absolute atomic E-state index is 12.0. The lowest BCUT2D eigenvalue weighted by Gasteiger charge is -2.02. The molecule has 5 nitrogen and oxygen atoms in total. The van der Waals surface area contributed by atoms with Crippen molar-refractivity contribution in [3.8, 4) is 22.7 Å². The fourth-order valence-electron chi connectivity index (χ4n) is 1.89. The molecular weight excluding hydrogens is 256 g/mol. The highest BCUT2D eigenvalue weighted by atomic mass is 16.5. The van der Waals surface area contributed by atoms with Gasteiger partial charge in [0.15, 0.2) is 0 Å². The van der Waals surface area contributed by atoms with Gasteiger partial charge in [0.25, 0.3) is 5.89 Å². The highest BCUT2D eigenvalue weighted by molar-refractivity contribution is 5.56. The van der Waals surface area contributed by atoms with Crippen molar-refractivity contribution in [3.63, 3.8) is 0 Å². The van der Waals surface area contributed by atoms with E-state index in [1.54, 1.807) is 54.6 Å². The standard InChI is InChI=1S/C15H10N2O3/c18-15-13(11-7-3-1-4-8-11)17(19)16-14(20-15)12-9-5-2-6-10-12/h1-10H. The molecule has 3 aromatic rings. The van der Waals surface area contributed by atoms with Gasteiger partial charge in [-0.1, -0.05) is 36.4 Å². The van der Waals surface area contributed by atoms with E-state index < -0.39 is 5.63 Å². The number of aromatic nitrogens is 2. The van der Waals surface area contributed by atoms with Crippen LogP contribution in [0.3, 0.4) is 0 Å². The molecule has 0 aliphatic heterocycles. The molecule has 0 unspecified atom stereocenters. The Bertz CT molecular complexity index is 783. The highest BCUT2D eigenvalue weighted by Crippen LogP contribution is 2.15. The molecule has 0 fully saturated rings. The molecule has 0 saturated heterocycles. The van der Waals surface area contributed by atoms with Gasteiger partial charge in [-0.05, 0) is 29.1 Å². The van der Waals surface area contributed by atoms with Gasteiger partial charge >= 0.3 is 11.3 Å². The number of rotatable bonds is 2. The fourth-order valence-corrected chi connectivity index (χ4v) is 1.89. The second-order valence-electron chi connectivity index (χ2n) is 4.15. The Kier molecular flexibility index (Phi) is 3.01. The first-order chi connectivity index (χ1) is 9.75. The smallest absolute Gasteiger partial charge is 0.415 e. The summed E-state index contributed by atoms with van der Waals surface area (Å²) in [6, 6.07) is 17.4. The second-order valence-corrected chi connectivity index (χ2v) is 4.15. The van der Waals surface area contributed by atoms with Crippen molar-refractivity contribution in [3.05, 3.63) is 76.3 Å². The SMILES string of the molecule is O=c1oc(-c2ccccc2)n[n+]([O-])c1-c1ccccc1. The van der Waals surface area contributed by atoms with Crippen LogP contribution in [0.5, 0.6) is 0 Å². The van der Waals surface area contributed by atoms with Crippen LogP contribution in [0.2, 0.25) is 0 Å². The van der Waals surface area contributed by atoms with Gasteiger partial charge in [0.1, 0.15) is 0 Å². The highest BCUT2D eigenvalue weighted by Gasteiger charge is 2.20. The van der Waals surface area contributed by atoms with E-state index in [9.17, 15) is 10.0 Å². The van der Waals surface area contributed by atoms with Crippen molar-refractivity contribution in [2.24, 2.45) is 0 Å². The monoisotopic (exact) mass is 266 g/mol.